The Hall–Kier alpha value is -2.60. The highest BCUT2D eigenvalue weighted by molar-refractivity contribution is 5.85. The SMILES string of the molecule is COCCOc1ccc2cc(OCCOC(=O)CCC(C)=O)ccc2c1. The van der Waals surface area contributed by atoms with Crippen molar-refractivity contribution < 1.29 is 28.5 Å². The summed E-state index contributed by atoms with van der Waals surface area (Å²) in [6, 6.07) is 11.6. The largest absolute Gasteiger partial charge is 0.491 e. The van der Waals surface area contributed by atoms with Crippen molar-refractivity contribution in [3.8, 4) is 11.5 Å². The van der Waals surface area contributed by atoms with Crippen LogP contribution in [0.2, 0.25) is 0 Å². The Balaban J connectivity index is 1.80. The van der Waals surface area contributed by atoms with Crippen LogP contribution >= 0.6 is 0 Å². The molecule has 0 radical (unpaired) electrons. The Morgan fingerprint density at radius 3 is 1.92 bits per heavy atom. The topological polar surface area (TPSA) is 71.1 Å². The van der Waals surface area contributed by atoms with Crippen molar-refractivity contribution in [2.75, 3.05) is 33.5 Å². The van der Waals surface area contributed by atoms with Crippen molar-refractivity contribution in [2.45, 2.75) is 19.8 Å². The average Bonchev–Trinajstić information content (AvgIpc) is 2.63. The second-order valence-corrected chi connectivity index (χ2v) is 5.78. The van der Waals surface area contributed by atoms with Crippen LogP contribution in [0.4, 0.5) is 0 Å². The second kappa shape index (κ2) is 10.4. The molecule has 0 N–H and O–H groups in total. The molecule has 2 aromatic rings. The fourth-order valence-electron chi connectivity index (χ4n) is 2.29. The first-order valence-electron chi connectivity index (χ1n) is 8.52. The molecule has 6 nitrogen and oxygen atoms in total. The molecule has 2 aromatic carbocycles. The standard InChI is InChI=1S/C20H24O6/c1-15(21)3-8-20(22)26-12-11-25-19-7-5-16-13-18(24-10-9-23-2)6-4-17(16)14-19/h4-7,13-14H,3,8-12H2,1-2H3. The minimum Gasteiger partial charge on any atom is -0.491 e. The van der Waals surface area contributed by atoms with E-state index in [1.807, 2.05) is 36.4 Å². The zero-order valence-electron chi connectivity index (χ0n) is 15.2. The van der Waals surface area contributed by atoms with Gasteiger partial charge < -0.3 is 23.7 Å². The lowest BCUT2D eigenvalue weighted by Gasteiger charge is -2.10. The number of hydrogen-bond acceptors (Lipinski definition) is 6. The van der Waals surface area contributed by atoms with E-state index in [4.69, 9.17) is 18.9 Å². The molecule has 0 atom stereocenters. The molecule has 0 spiro atoms. The molecular formula is C20H24O6. The molecule has 0 amide bonds. The van der Waals surface area contributed by atoms with Crippen molar-refractivity contribution in [3.05, 3.63) is 36.4 Å². The maximum absolute atomic E-state index is 11.4. The molecule has 0 unspecified atom stereocenters. The van der Waals surface area contributed by atoms with E-state index in [1.54, 1.807) is 7.11 Å². The Morgan fingerprint density at radius 1 is 0.808 bits per heavy atom. The smallest absolute Gasteiger partial charge is 0.306 e. The molecule has 140 valence electrons. The molecule has 0 saturated heterocycles. The van der Waals surface area contributed by atoms with E-state index in [0.717, 1.165) is 16.5 Å². The lowest BCUT2D eigenvalue weighted by molar-refractivity contribution is -0.145. The van der Waals surface area contributed by atoms with E-state index in [0.29, 0.717) is 19.0 Å². The van der Waals surface area contributed by atoms with Crippen LogP contribution in [-0.4, -0.2) is 45.3 Å². The summed E-state index contributed by atoms with van der Waals surface area (Å²) in [5.74, 6) is 1.08. The predicted molar refractivity (Wildman–Crippen MR) is 97.7 cm³/mol. The van der Waals surface area contributed by atoms with Crippen molar-refractivity contribution in [1.29, 1.82) is 0 Å². The van der Waals surface area contributed by atoms with Crippen LogP contribution in [0.3, 0.4) is 0 Å². The van der Waals surface area contributed by atoms with Gasteiger partial charge in [-0.15, -0.1) is 0 Å². The van der Waals surface area contributed by atoms with Gasteiger partial charge in [0.25, 0.3) is 0 Å². The maximum atomic E-state index is 11.4. The first-order valence-corrected chi connectivity index (χ1v) is 8.52. The Morgan fingerprint density at radius 2 is 1.38 bits per heavy atom. The summed E-state index contributed by atoms with van der Waals surface area (Å²) in [6.45, 7) is 2.92. The number of rotatable bonds is 11. The lowest BCUT2D eigenvalue weighted by atomic mass is 10.1. The maximum Gasteiger partial charge on any atom is 0.306 e. The summed E-state index contributed by atoms with van der Waals surface area (Å²) in [4.78, 5) is 22.2. The second-order valence-electron chi connectivity index (χ2n) is 5.78. The van der Waals surface area contributed by atoms with Gasteiger partial charge in [-0.2, -0.15) is 0 Å². The highest BCUT2D eigenvalue weighted by Gasteiger charge is 2.05. The third kappa shape index (κ3) is 6.72. The number of carbonyl (C=O) groups excluding carboxylic acids is 2. The average molecular weight is 360 g/mol. The molecule has 2 rings (SSSR count). The van der Waals surface area contributed by atoms with Gasteiger partial charge in [0.2, 0.25) is 0 Å². The van der Waals surface area contributed by atoms with E-state index in [9.17, 15) is 9.59 Å². The Labute approximate surface area is 153 Å². The van der Waals surface area contributed by atoms with Gasteiger partial charge in [-0.3, -0.25) is 4.79 Å². The van der Waals surface area contributed by atoms with Gasteiger partial charge in [-0.05, 0) is 42.0 Å². The van der Waals surface area contributed by atoms with Gasteiger partial charge in [0.15, 0.2) is 0 Å². The number of methoxy groups -OCH3 is 1. The number of esters is 1. The van der Waals surface area contributed by atoms with Crippen LogP contribution in [0.1, 0.15) is 19.8 Å². The predicted octanol–water partition coefficient (Wildman–Crippen LogP) is 3.16. The van der Waals surface area contributed by atoms with Gasteiger partial charge in [0.1, 0.15) is 37.1 Å². The number of ketones is 1. The van der Waals surface area contributed by atoms with E-state index < -0.39 is 0 Å². The molecule has 0 bridgehead atoms. The van der Waals surface area contributed by atoms with E-state index in [1.165, 1.54) is 6.92 Å². The van der Waals surface area contributed by atoms with Crippen molar-refractivity contribution in [2.24, 2.45) is 0 Å². The van der Waals surface area contributed by atoms with Crippen LogP contribution in [0, 0.1) is 0 Å². The number of Topliss-reactive ketones (excluding diaryl/α,β-unsaturated/α-hetero) is 1. The normalized spacial score (nSPS) is 10.5. The van der Waals surface area contributed by atoms with Crippen LogP contribution in [0.25, 0.3) is 10.8 Å². The summed E-state index contributed by atoms with van der Waals surface area (Å²) < 4.78 is 21.2. The fourth-order valence-corrected chi connectivity index (χ4v) is 2.29. The zero-order valence-corrected chi connectivity index (χ0v) is 15.2. The molecular weight excluding hydrogens is 336 g/mol. The van der Waals surface area contributed by atoms with Crippen molar-refractivity contribution in [1.82, 2.24) is 0 Å². The molecule has 0 fully saturated rings. The van der Waals surface area contributed by atoms with Crippen LogP contribution < -0.4 is 9.47 Å². The fraction of sp³-hybridized carbons (Fsp3) is 0.400. The minimum absolute atomic E-state index is 0.0263. The van der Waals surface area contributed by atoms with Gasteiger partial charge >= 0.3 is 5.97 Å². The van der Waals surface area contributed by atoms with Gasteiger partial charge in [-0.25, -0.2) is 0 Å². The first-order chi connectivity index (χ1) is 12.6. The van der Waals surface area contributed by atoms with E-state index in [2.05, 4.69) is 0 Å². The third-order valence-corrected chi connectivity index (χ3v) is 3.64. The zero-order chi connectivity index (χ0) is 18.8. The molecule has 0 aromatic heterocycles. The van der Waals surface area contributed by atoms with Crippen molar-refractivity contribution in [3.63, 3.8) is 0 Å². The summed E-state index contributed by atoms with van der Waals surface area (Å²) in [7, 11) is 1.64. The third-order valence-electron chi connectivity index (χ3n) is 3.64. The monoisotopic (exact) mass is 360 g/mol. The molecule has 0 aliphatic heterocycles. The van der Waals surface area contributed by atoms with Crippen LogP contribution in [0.5, 0.6) is 11.5 Å². The quantitative estimate of drug-likeness (QED) is 0.453. The minimum atomic E-state index is -0.386. The van der Waals surface area contributed by atoms with Crippen molar-refractivity contribution >= 4 is 22.5 Å². The van der Waals surface area contributed by atoms with E-state index >= 15 is 0 Å². The van der Waals surface area contributed by atoms with Gasteiger partial charge in [0, 0.05) is 13.5 Å². The molecule has 26 heavy (non-hydrogen) atoms. The molecule has 0 heterocycles. The summed E-state index contributed by atoms with van der Waals surface area (Å²) in [5, 5.41) is 2.07. The molecule has 0 saturated carbocycles. The lowest BCUT2D eigenvalue weighted by Crippen LogP contribution is -2.12. The van der Waals surface area contributed by atoms with Gasteiger partial charge in [0.05, 0.1) is 13.0 Å². The highest BCUT2D eigenvalue weighted by Crippen LogP contribution is 2.25. The highest BCUT2D eigenvalue weighted by atomic mass is 16.6. The number of ether oxygens (including phenoxy) is 4. The van der Waals surface area contributed by atoms with E-state index in [-0.39, 0.29) is 37.8 Å². The molecule has 6 heteroatoms. The van der Waals surface area contributed by atoms with Gasteiger partial charge in [-0.1, -0.05) is 12.1 Å². The summed E-state index contributed by atoms with van der Waals surface area (Å²) >= 11 is 0. The summed E-state index contributed by atoms with van der Waals surface area (Å²) in [6.07, 6.45) is 0.321. The Bertz CT molecular complexity index is 740. The number of hydrogen-bond donors (Lipinski definition) is 0. The molecule has 0 aliphatic rings. The number of benzene rings is 2. The molecule has 0 aliphatic carbocycles. The number of carbonyl (C=O) groups is 2. The number of fused-ring (bicyclic) bond motifs is 1. The Kier molecular flexibility index (Phi) is 7.89. The van der Waals surface area contributed by atoms with Crippen LogP contribution in [0.15, 0.2) is 36.4 Å². The summed E-state index contributed by atoms with van der Waals surface area (Å²) in [5.41, 5.74) is 0. The first kappa shape index (κ1) is 19.7. The van der Waals surface area contributed by atoms with Crippen LogP contribution in [-0.2, 0) is 19.1 Å².